The average molecular weight is 334 g/mol. The minimum atomic E-state index is 0.577. The van der Waals surface area contributed by atoms with Gasteiger partial charge in [0.25, 0.3) is 0 Å². The third-order valence-electron chi connectivity index (χ3n) is 4.12. The number of rotatable bonds is 4. The number of hydrogen-bond acceptors (Lipinski definition) is 4. The van der Waals surface area contributed by atoms with Gasteiger partial charge in [0.1, 0.15) is 6.07 Å². The van der Waals surface area contributed by atoms with Crippen molar-refractivity contribution < 1.29 is 4.74 Å². The van der Waals surface area contributed by atoms with Crippen LogP contribution in [0, 0.1) is 11.3 Å². The Morgan fingerprint density at radius 3 is 2.40 bits per heavy atom. The minimum absolute atomic E-state index is 0.577. The Balaban J connectivity index is 1.83. The van der Waals surface area contributed by atoms with Crippen LogP contribution in [0.5, 0.6) is 0 Å². The predicted molar refractivity (Wildman–Crippen MR) is 101 cm³/mol. The highest BCUT2D eigenvalue weighted by molar-refractivity contribution is 5.73. The van der Waals surface area contributed by atoms with Gasteiger partial charge in [-0.1, -0.05) is 18.2 Å². The Labute approximate surface area is 148 Å². The Morgan fingerprint density at radius 1 is 1.08 bits per heavy atom. The lowest BCUT2D eigenvalue weighted by Gasteiger charge is -2.28. The summed E-state index contributed by atoms with van der Waals surface area (Å²) >= 11 is 0. The lowest BCUT2D eigenvalue weighted by atomic mass is 10.0. The fourth-order valence-electron chi connectivity index (χ4n) is 2.78. The summed E-state index contributed by atoms with van der Waals surface area (Å²) < 4.78 is 5.40. The van der Waals surface area contributed by atoms with Gasteiger partial charge in [0.15, 0.2) is 0 Å². The number of nitrogens with zero attached hydrogens (tertiary/aromatic N) is 4. The summed E-state index contributed by atoms with van der Waals surface area (Å²) in [6.45, 7) is 3.41. The van der Waals surface area contributed by atoms with E-state index in [0.717, 1.165) is 37.4 Å². The van der Waals surface area contributed by atoms with Gasteiger partial charge in [0.2, 0.25) is 0 Å². The van der Waals surface area contributed by atoms with E-state index in [0.29, 0.717) is 11.3 Å². The maximum atomic E-state index is 9.41. The van der Waals surface area contributed by atoms with Gasteiger partial charge in [0, 0.05) is 32.9 Å². The summed E-state index contributed by atoms with van der Waals surface area (Å²) in [5.41, 5.74) is 4.59. The number of nitriles is 1. The number of morpholine rings is 1. The molecular formula is C20H22N4O. The summed E-state index contributed by atoms with van der Waals surface area (Å²) in [6.07, 6.45) is 1.70. The molecule has 1 fully saturated rings. The van der Waals surface area contributed by atoms with Gasteiger partial charge in [-0.15, -0.1) is 0 Å². The number of ether oxygens (including phenoxy) is 1. The van der Waals surface area contributed by atoms with Gasteiger partial charge in [0.05, 0.1) is 30.8 Å². The molecule has 0 aliphatic carbocycles. The molecule has 1 aliphatic rings. The summed E-state index contributed by atoms with van der Waals surface area (Å²) in [7, 11) is 3.81. The second-order valence-electron chi connectivity index (χ2n) is 6.20. The molecule has 0 radical (unpaired) electrons. The van der Waals surface area contributed by atoms with E-state index in [4.69, 9.17) is 4.74 Å². The Morgan fingerprint density at radius 2 is 1.76 bits per heavy atom. The van der Waals surface area contributed by atoms with Crippen molar-refractivity contribution in [2.45, 2.75) is 0 Å². The lowest BCUT2D eigenvalue weighted by molar-refractivity contribution is 0.122. The van der Waals surface area contributed by atoms with E-state index in [1.54, 1.807) is 6.34 Å². The zero-order chi connectivity index (χ0) is 17.6. The van der Waals surface area contributed by atoms with Gasteiger partial charge < -0.3 is 14.5 Å². The van der Waals surface area contributed by atoms with Gasteiger partial charge in [-0.2, -0.15) is 5.26 Å². The van der Waals surface area contributed by atoms with Gasteiger partial charge in [-0.05, 0) is 35.4 Å². The molecule has 0 spiro atoms. The van der Waals surface area contributed by atoms with E-state index >= 15 is 0 Å². The Kier molecular flexibility index (Phi) is 5.32. The van der Waals surface area contributed by atoms with Crippen LogP contribution >= 0.6 is 0 Å². The number of aliphatic imine (C=N–C) groups is 1. The van der Waals surface area contributed by atoms with Crippen LogP contribution in [-0.2, 0) is 4.74 Å². The van der Waals surface area contributed by atoms with E-state index in [9.17, 15) is 5.26 Å². The molecule has 0 unspecified atom stereocenters. The van der Waals surface area contributed by atoms with E-state index < -0.39 is 0 Å². The van der Waals surface area contributed by atoms with Crippen LogP contribution in [0.1, 0.15) is 5.56 Å². The van der Waals surface area contributed by atoms with Crippen LogP contribution in [0.4, 0.5) is 11.4 Å². The smallest absolute Gasteiger partial charge is 0.101 e. The van der Waals surface area contributed by atoms with Crippen molar-refractivity contribution in [3.63, 3.8) is 0 Å². The molecule has 0 bridgehead atoms. The van der Waals surface area contributed by atoms with Crippen molar-refractivity contribution in [2.75, 3.05) is 45.3 Å². The van der Waals surface area contributed by atoms with Crippen molar-refractivity contribution in [1.29, 1.82) is 5.26 Å². The predicted octanol–water partition coefficient (Wildman–Crippen LogP) is 3.28. The van der Waals surface area contributed by atoms with E-state index in [-0.39, 0.29) is 0 Å². The molecule has 5 nitrogen and oxygen atoms in total. The first-order valence-electron chi connectivity index (χ1n) is 8.35. The van der Waals surface area contributed by atoms with Crippen LogP contribution in [0.15, 0.2) is 47.5 Å². The molecule has 25 heavy (non-hydrogen) atoms. The van der Waals surface area contributed by atoms with Crippen LogP contribution in [-0.4, -0.2) is 51.6 Å². The monoisotopic (exact) mass is 334 g/mol. The fraction of sp³-hybridized carbons (Fsp3) is 0.300. The van der Waals surface area contributed by atoms with Crippen LogP contribution in [0.2, 0.25) is 0 Å². The largest absolute Gasteiger partial charge is 0.378 e. The van der Waals surface area contributed by atoms with Crippen LogP contribution < -0.4 is 4.90 Å². The molecule has 2 aromatic rings. The van der Waals surface area contributed by atoms with Crippen LogP contribution in [0.3, 0.4) is 0 Å². The quantitative estimate of drug-likeness (QED) is 0.636. The van der Waals surface area contributed by atoms with Gasteiger partial charge in [-0.3, -0.25) is 0 Å². The highest BCUT2D eigenvalue weighted by Crippen LogP contribution is 2.28. The maximum Gasteiger partial charge on any atom is 0.101 e. The number of anilines is 1. The molecule has 2 aromatic carbocycles. The molecule has 1 heterocycles. The molecule has 0 atom stereocenters. The van der Waals surface area contributed by atoms with Gasteiger partial charge in [-0.25, -0.2) is 4.99 Å². The van der Waals surface area contributed by atoms with Crippen molar-refractivity contribution in [3.8, 4) is 17.2 Å². The van der Waals surface area contributed by atoms with E-state index in [2.05, 4.69) is 40.2 Å². The number of hydrogen-bond donors (Lipinski definition) is 0. The SMILES string of the molecule is CN(C)C=Nc1ccc(-c2ccc(N3CCOCC3)cc2)cc1C#N. The molecule has 0 amide bonds. The second kappa shape index (κ2) is 7.82. The Bertz CT molecular complexity index is 784. The van der Waals surface area contributed by atoms with Crippen molar-refractivity contribution >= 4 is 17.7 Å². The molecule has 3 rings (SSSR count). The zero-order valence-corrected chi connectivity index (χ0v) is 14.6. The van der Waals surface area contributed by atoms with E-state index in [1.165, 1.54) is 5.69 Å². The third-order valence-corrected chi connectivity index (χ3v) is 4.12. The average Bonchev–Trinajstić information content (AvgIpc) is 2.67. The summed E-state index contributed by atoms with van der Waals surface area (Å²) in [4.78, 5) is 8.52. The summed E-state index contributed by atoms with van der Waals surface area (Å²) in [5, 5.41) is 9.41. The molecular weight excluding hydrogens is 312 g/mol. The van der Waals surface area contributed by atoms with Crippen LogP contribution in [0.25, 0.3) is 11.1 Å². The minimum Gasteiger partial charge on any atom is -0.378 e. The normalized spacial score (nSPS) is 14.5. The Hall–Kier alpha value is -2.84. The molecule has 128 valence electrons. The molecule has 0 saturated carbocycles. The molecule has 5 heteroatoms. The first-order valence-corrected chi connectivity index (χ1v) is 8.35. The third kappa shape index (κ3) is 4.17. The van der Waals surface area contributed by atoms with Crippen molar-refractivity contribution in [1.82, 2.24) is 4.90 Å². The highest BCUT2D eigenvalue weighted by atomic mass is 16.5. The molecule has 0 aromatic heterocycles. The second-order valence-corrected chi connectivity index (χ2v) is 6.20. The topological polar surface area (TPSA) is 51.9 Å². The summed E-state index contributed by atoms with van der Waals surface area (Å²) in [6, 6.07) is 16.5. The molecule has 1 saturated heterocycles. The molecule has 1 aliphatic heterocycles. The zero-order valence-electron chi connectivity index (χ0n) is 14.6. The standard InChI is InChI=1S/C20H22N4O/c1-23(2)15-22-20-8-5-17(13-18(20)14-21)16-3-6-19(7-4-16)24-9-11-25-12-10-24/h3-8,13,15H,9-12H2,1-2H3. The van der Waals surface area contributed by atoms with Gasteiger partial charge >= 0.3 is 0 Å². The van der Waals surface area contributed by atoms with Crippen molar-refractivity contribution in [3.05, 3.63) is 48.0 Å². The van der Waals surface area contributed by atoms with E-state index in [1.807, 2.05) is 37.2 Å². The first-order chi connectivity index (χ1) is 12.2. The highest BCUT2D eigenvalue weighted by Gasteiger charge is 2.11. The lowest BCUT2D eigenvalue weighted by Crippen LogP contribution is -2.36. The fourth-order valence-corrected chi connectivity index (χ4v) is 2.78. The maximum absolute atomic E-state index is 9.41. The van der Waals surface area contributed by atoms with Crippen molar-refractivity contribution in [2.24, 2.45) is 4.99 Å². The number of benzene rings is 2. The molecule has 0 N–H and O–H groups in total. The first kappa shape index (κ1) is 17.0. The summed E-state index contributed by atoms with van der Waals surface area (Å²) in [5.74, 6) is 0.